The predicted molar refractivity (Wildman–Crippen MR) is 114 cm³/mol. The highest BCUT2D eigenvalue weighted by atomic mass is 35.5. The molecule has 2 aromatic carbocycles. The molecule has 0 bridgehead atoms. The minimum Gasteiger partial charge on any atom is -0.350 e. The zero-order valence-electron chi connectivity index (χ0n) is 16.5. The van der Waals surface area contributed by atoms with Gasteiger partial charge in [0.05, 0.1) is 12.2 Å². The summed E-state index contributed by atoms with van der Waals surface area (Å²) in [5.74, 6) is -0.127. The Balaban J connectivity index is 1.80. The molecule has 3 aromatic rings. The summed E-state index contributed by atoms with van der Waals surface area (Å²) in [5, 5.41) is 7.36. The van der Waals surface area contributed by atoms with Crippen LogP contribution in [-0.4, -0.2) is 26.8 Å². The maximum atomic E-state index is 13.1. The summed E-state index contributed by atoms with van der Waals surface area (Å²) in [6.07, 6.45) is 2.13. The molecule has 1 aromatic heterocycles. The smallest absolute Gasteiger partial charge is 0.350 e. The van der Waals surface area contributed by atoms with Gasteiger partial charge in [0.15, 0.2) is 0 Å². The average molecular weight is 425 g/mol. The second-order valence-corrected chi connectivity index (χ2v) is 7.99. The zero-order valence-corrected chi connectivity index (χ0v) is 17.2. The van der Waals surface area contributed by atoms with E-state index in [1.807, 2.05) is 31.2 Å². The van der Waals surface area contributed by atoms with Crippen molar-refractivity contribution >= 4 is 17.5 Å². The number of halogens is 1. The molecule has 8 heteroatoms. The van der Waals surface area contributed by atoms with Gasteiger partial charge < -0.3 is 5.32 Å². The van der Waals surface area contributed by atoms with Gasteiger partial charge in [-0.05, 0) is 55.5 Å². The Bertz CT molecular complexity index is 1190. The first-order valence-electron chi connectivity index (χ1n) is 9.76. The third-order valence-electron chi connectivity index (χ3n) is 5.06. The minimum absolute atomic E-state index is 0.0387. The van der Waals surface area contributed by atoms with Gasteiger partial charge >= 0.3 is 5.69 Å². The molecule has 1 aliphatic rings. The largest absolute Gasteiger partial charge is 0.352 e. The van der Waals surface area contributed by atoms with Gasteiger partial charge in [0, 0.05) is 11.6 Å². The summed E-state index contributed by atoms with van der Waals surface area (Å²) in [6, 6.07) is 14.0. The van der Waals surface area contributed by atoms with Crippen molar-refractivity contribution in [3.05, 3.63) is 91.2 Å². The van der Waals surface area contributed by atoms with E-state index < -0.39 is 17.2 Å². The molecular weight excluding hydrogens is 404 g/mol. The van der Waals surface area contributed by atoms with Crippen molar-refractivity contribution in [2.24, 2.45) is 5.92 Å². The van der Waals surface area contributed by atoms with E-state index in [1.165, 1.54) is 0 Å². The van der Waals surface area contributed by atoms with Crippen molar-refractivity contribution in [3.8, 4) is 5.69 Å². The number of nitrogens with zero attached hydrogens (tertiary/aromatic N) is 3. The highest BCUT2D eigenvalue weighted by Crippen LogP contribution is 2.27. The fraction of sp³-hybridized carbons (Fsp3) is 0.273. The lowest BCUT2D eigenvalue weighted by atomic mass is 10.1. The number of aromatic nitrogens is 3. The van der Waals surface area contributed by atoms with Crippen molar-refractivity contribution in [1.82, 2.24) is 19.7 Å². The highest BCUT2D eigenvalue weighted by molar-refractivity contribution is 6.30. The van der Waals surface area contributed by atoms with Crippen LogP contribution < -0.4 is 16.6 Å². The highest BCUT2D eigenvalue weighted by Gasteiger charge is 2.25. The summed E-state index contributed by atoms with van der Waals surface area (Å²) in [5.41, 5.74) is 0.619. The van der Waals surface area contributed by atoms with Crippen LogP contribution in [-0.2, 0) is 6.54 Å². The summed E-state index contributed by atoms with van der Waals surface area (Å²) >= 11 is 5.95. The van der Waals surface area contributed by atoms with E-state index in [-0.39, 0.29) is 12.2 Å². The number of aryl methyl sites for hydroxylation is 1. The maximum Gasteiger partial charge on any atom is 0.352 e. The summed E-state index contributed by atoms with van der Waals surface area (Å²) in [6.45, 7) is 2.49. The molecule has 0 saturated heterocycles. The Labute approximate surface area is 177 Å². The van der Waals surface area contributed by atoms with Gasteiger partial charge in [0.25, 0.3) is 11.5 Å². The molecule has 154 valence electrons. The number of hydrogen-bond acceptors (Lipinski definition) is 4. The third-order valence-corrected chi connectivity index (χ3v) is 5.31. The molecule has 1 amide bonds. The molecule has 30 heavy (non-hydrogen) atoms. The average Bonchev–Trinajstić information content (AvgIpc) is 3.56. The van der Waals surface area contributed by atoms with E-state index in [0.29, 0.717) is 23.2 Å². The van der Waals surface area contributed by atoms with E-state index in [9.17, 15) is 14.4 Å². The lowest BCUT2D eigenvalue weighted by molar-refractivity contribution is 0.0942. The SMILES string of the molecule is Cc1ccc(Cn2c(=O)c(C(=O)NCC3CC3)nn(-c3ccc(Cl)cc3)c2=O)cc1. The van der Waals surface area contributed by atoms with Crippen LogP contribution in [0.1, 0.15) is 34.5 Å². The van der Waals surface area contributed by atoms with Crippen LogP contribution >= 0.6 is 11.6 Å². The Morgan fingerprint density at radius 3 is 2.40 bits per heavy atom. The quantitative estimate of drug-likeness (QED) is 0.658. The molecule has 0 atom stereocenters. The van der Waals surface area contributed by atoms with Gasteiger partial charge in [-0.25, -0.2) is 4.79 Å². The molecule has 4 rings (SSSR count). The van der Waals surface area contributed by atoms with E-state index in [4.69, 9.17) is 11.6 Å². The summed E-state index contributed by atoms with van der Waals surface area (Å²) in [4.78, 5) is 38.8. The van der Waals surface area contributed by atoms with Gasteiger partial charge in [-0.1, -0.05) is 41.4 Å². The molecule has 1 aliphatic carbocycles. The van der Waals surface area contributed by atoms with E-state index in [0.717, 1.165) is 33.2 Å². The first-order valence-corrected chi connectivity index (χ1v) is 10.1. The fourth-order valence-electron chi connectivity index (χ4n) is 3.07. The standard InChI is InChI=1S/C22H21ClN4O3/c1-14-2-4-16(5-3-14)13-26-21(29)19(20(28)24-12-15-6-7-15)25-27(22(26)30)18-10-8-17(23)9-11-18/h2-5,8-11,15H,6-7,12-13H2,1H3,(H,24,28). The Morgan fingerprint density at radius 2 is 1.77 bits per heavy atom. The molecule has 0 radical (unpaired) electrons. The zero-order chi connectivity index (χ0) is 21.3. The monoisotopic (exact) mass is 424 g/mol. The van der Waals surface area contributed by atoms with Gasteiger partial charge in [0.1, 0.15) is 0 Å². The predicted octanol–water partition coefficient (Wildman–Crippen LogP) is 2.54. The molecule has 0 unspecified atom stereocenters. The lowest BCUT2D eigenvalue weighted by Gasteiger charge is -2.12. The second-order valence-electron chi connectivity index (χ2n) is 7.55. The number of hydrogen-bond donors (Lipinski definition) is 1. The maximum absolute atomic E-state index is 13.1. The van der Waals surface area contributed by atoms with Crippen molar-refractivity contribution < 1.29 is 4.79 Å². The molecule has 1 fully saturated rings. The van der Waals surface area contributed by atoms with Crippen molar-refractivity contribution in [2.75, 3.05) is 6.54 Å². The van der Waals surface area contributed by atoms with Crippen molar-refractivity contribution in [1.29, 1.82) is 0 Å². The first kappa shape index (κ1) is 20.1. The third kappa shape index (κ3) is 4.36. The van der Waals surface area contributed by atoms with Gasteiger partial charge in [-0.2, -0.15) is 9.78 Å². The fourth-order valence-corrected chi connectivity index (χ4v) is 3.19. The number of carbonyl (C=O) groups is 1. The molecular formula is C22H21ClN4O3. The van der Waals surface area contributed by atoms with Crippen LogP contribution in [0.25, 0.3) is 5.69 Å². The summed E-state index contributed by atoms with van der Waals surface area (Å²) < 4.78 is 2.11. The molecule has 1 saturated carbocycles. The minimum atomic E-state index is -0.709. The van der Waals surface area contributed by atoms with Crippen LogP contribution in [0, 0.1) is 12.8 Å². The molecule has 0 spiro atoms. The van der Waals surface area contributed by atoms with E-state index in [1.54, 1.807) is 24.3 Å². The van der Waals surface area contributed by atoms with Crippen molar-refractivity contribution in [3.63, 3.8) is 0 Å². The number of amides is 1. The molecule has 7 nitrogen and oxygen atoms in total. The van der Waals surface area contributed by atoms with Crippen LogP contribution in [0.3, 0.4) is 0 Å². The Kier molecular flexibility index (Phi) is 5.55. The van der Waals surface area contributed by atoms with Crippen LogP contribution in [0.4, 0.5) is 0 Å². The van der Waals surface area contributed by atoms with Gasteiger partial charge in [-0.15, -0.1) is 0 Å². The number of carbonyl (C=O) groups excluding carboxylic acids is 1. The van der Waals surface area contributed by atoms with Crippen LogP contribution in [0.2, 0.25) is 5.02 Å². The topological polar surface area (TPSA) is 86.0 Å². The molecule has 1 heterocycles. The van der Waals surface area contributed by atoms with Gasteiger partial charge in [-0.3, -0.25) is 14.2 Å². The summed E-state index contributed by atoms with van der Waals surface area (Å²) in [7, 11) is 0. The number of benzene rings is 2. The van der Waals surface area contributed by atoms with E-state index >= 15 is 0 Å². The normalized spacial score (nSPS) is 13.3. The lowest BCUT2D eigenvalue weighted by Crippen LogP contribution is -2.46. The Hall–Kier alpha value is -3.19. The number of rotatable bonds is 6. The Morgan fingerprint density at radius 1 is 1.10 bits per heavy atom. The molecule has 0 aliphatic heterocycles. The van der Waals surface area contributed by atoms with Crippen LogP contribution in [0.15, 0.2) is 58.1 Å². The number of nitrogens with one attached hydrogen (secondary N) is 1. The van der Waals surface area contributed by atoms with Gasteiger partial charge in [0.2, 0.25) is 5.69 Å². The second kappa shape index (κ2) is 8.28. The van der Waals surface area contributed by atoms with Crippen molar-refractivity contribution in [2.45, 2.75) is 26.3 Å². The first-order chi connectivity index (χ1) is 14.4. The van der Waals surface area contributed by atoms with Crippen LogP contribution in [0.5, 0.6) is 0 Å². The van der Waals surface area contributed by atoms with E-state index in [2.05, 4.69) is 10.4 Å². The molecule has 1 N–H and O–H groups in total.